The molecule has 0 aromatic rings. The van der Waals surface area contributed by atoms with Gasteiger partial charge in [-0.25, -0.2) is 0 Å². The lowest BCUT2D eigenvalue weighted by Crippen LogP contribution is -2.28. The van der Waals surface area contributed by atoms with E-state index in [0.717, 1.165) is 12.8 Å². The number of ketones is 1. The zero-order valence-corrected chi connectivity index (χ0v) is 10.7. The predicted octanol–water partition coefficient (Wildman–Crippen LogP) is 2.58. The van der Waals surface area contributed by atoms with Gasteiger partial charge in [0.05, 0.1) is 7.11 Å². The molecule has 1 fully saturated rings. The molecule has 3 nitrogen and oxygen atoms in total. The molecule has 0 N–H and O–H groups in total. The van der Waals surface area contributed by atoms with E-state index < -0.39 is 0 Å². The van der Waals surface area contributed by atoms with Crippen LogP contribution in [0.4, 0.5) is 0 Å². The van der Waals surface area contributed by atoms with E-state index in [1.807, 2.05) is 6.92 Å². The monoisotopic (exact) mass is 226 g/mol. The molecule has 1 saturated carbocycles. The normalized spacial score (nSPS) is 29.8. The van der Waals surface area contributed by atoms with Gasteiger partial charge in [0.25, 0.3) is 0 Å². The number of carbonyl (C=O) groups is 2. The summed E-state index contributed by atoms with van der Waals surface area (Å²) >= 11 is 0. The molecule has 1 aliphatic rings. The molecule has 16 heavy (non-hydrogen) atoms. The maximum Gasteiger partial charge on any atom is 0.305 e. The Morgan fingerprint density at radius 2 is 2.19 bits per heavy atom. The largest absolute Gasteiger partial charge is 0.469 e. The lowest BCUT2D eigenvalue weighted by atomic mass is 9.80. The van der Waals surface area contributed by atoms with Crippen molar-refractivity contribution in [2.45, 2.75) is 46.5 Å². The standard InChI is InChI=1S/C13H22O3/c1-9(2)10-5-7-13(3,12(10)15)8-6-11(14)16-4/h9-10H,5-8H2,1-4H3/t10?,13-/m1/s1. The second-order valence-corrected chi connectivity index (χ2v) is 5.39. The van der Waals surface area contributed by atoms with Crippen molar-refractivity contribution in [3.05, 3.63) is 0 Å². The molecule has 1 rings (SSSR count). The van der Waals surface area contributed by atoms with Crippen LogP contribution >= 0.6 is 0 Å². The van der Waals surface area contributed by atoms with Gasteiger partial charge in [-0.2, -0.15) is 0 Å². The lowest BCUT2D eigenvalue weighted by Gasteiger charge is -2.23. The topological polar surface area (TPSA) is 43.4 Å². The molecule has 0 aromatic carbocycles. The molecule has 2 atom stereocenters. The van der Waals surface area contributed by atoms with E-state index in [9.17, 15) is 9.59 Å². The van der Waals surface area contributed by atoms with Gasteiger partial charge >= 0.3 is 5.97 Å². The molecule has 1 aliphatic carbocycles. The summed E-state index contributed by atoms with van der Waals surface area (Å²) in [4.78, 5) is 23.3. The Balaban J connectivity index is 2.59. The number of methoxy groups -OCH3 is 1. The average molecular weight is 226 g/mol. The summed E-state index contributed by atoms with van der Waals surface area (Å²) < 4.78 is 4.61. The number of ether oxygens (including phenoxy) is 1. The summed E-state index contributed by atoms with van der Waals surface area (Å²) in [5.41, 5.74) is -0.302. The predicted molar refractivity (Wildman–Crippen MR) is 61.9 cm³/mol. The first kappa shape index (κ1) is 13.2. The molecule has 0 bridgehead atoms. The van der Waals surface area contributed by atoms with Crippen LogP contribution in [-0.4, -0.2) is 18.9 Å². The zero-order chi connectivity index (χ0) is 12.3. The summed E-state index contributed by atoms with van der Waals surface area (Å²) in [6.45, 7) is 6.17. The van der Waals surface area contributed by atoms with Crippen molar-refractivity contribution in [3.63, 3.8) is 0 Å². The molecule has 0 aliphatic heterocycles. The Morgan fingerprint density at radius 3 is 2.62 bits per heavy atom. The second-order valence-electron chi connectivity index (χ2n) is 5.39. The van der Waals surface area contributed by atoms with Crippen LogP contribution in [0.15, 0.2) is 0 Å². The smallest absolute Gasteiger partial charge is 0.305 e. The minimum absolute atomic E-state index is 0.183. The van der Waals surface area contributed by atoms with Crippen molar-refractivity contribution in [1.82, 2.24) is 0 Å². The molecule has 0 heterocycles. The van der Waals surface area contributed by atoms with Crippen molar-refractivity contribution in [3.8, 4) is 0 Å². The van der Waals surface area contributed by atoms with Gasteiger partial charge in [-0.05, 0) is 25.2 Å². The van der Waals surface area contributed by atoms with Gasteiger partial charge in [-0.3, -0.25) is 9.59 Å². The second kappa shape index (κ2) is 4.98. The number of hydrogen-bond donors (Lipinski definition) is 0. The minimum Gasteiger partial charge on any atom is -0.469 e. The molecule has 3 heteroatoms. The van der Waals surface area contributed by atoms with Crippen LogP contribution in [0.1, 0.15) is 46.5 Å². The number of carbonyl (C=O) groups excluding carboxylic acids is 2. The highest BCUT2D eigenvalue weighted by molar-refractivity contribution is 5.89. The summed E-state index contributed by atoms with van der Waals surface area (Å²) in [6, 6.07) is 0. The van der Waals surface area contributed by atoms with Gasteiger partial charge in [0.2, 0.25) is 0 Å². The Labute approximate surface area is 97.5 Å². The van der Waals surface area contributed by atoms with Gasteiger partial charge in [0.15, 0.2) is 0 Å². The zero-order valence-electron chi connectivity index (χ0n) is 10.7. The van der Waals surface area contributed by atoms with E-state index in [1.54, 1.807) is 0 Å². The van der Waals surface area contributed by atoms with Crippen molar-refractivity contribution < 1.29 is 14.3 Å². The highest BCUT2D eigenvalue weighted by atomic mass is 16.5. The third-order valence-electron chi connectivity index (χ3n) is 3.85. The van der Waals surface area contributed by atoms with Crippen LogP contribution in [0.3, 0.4) is 0 Å². The third kappa shape index (κ3) is 2.63. The number of rotatable bonds is 4. The van der Waals surface area contributed by atoms with E-state index in [-0.39, 0.29) is 17.3 Å². The van der Waals surface area contributed by atoms with Gasteiger partial charge < -0.3 is 4.74 Å². The Hall–Kier alpha value is -0.860. The van der Waals surface area contributed by atoms with Gasteiger partial charge in [-0.1, -0.05) is 20.8 Å². The maximum absolute atomic E-state index is 12.2. The van der Waals surface area contributed by atoms with Crippen molar-refractivity contribution in [1.29, 1.82) is 0 Å². The number of esters is 1. The van der Waals surface area contributed by atoms with Gasteiger partial charge in [0.1, 0.15) is 5.78 Å². The van der Waals surface area contributed by atoms with Gasteiger partial charge in [0, 0.05) is 17.8 Å². The highest BCUT2D eigenvalue weighted by Gasteiger charge is 2.44. The quantitative estimate of drug-likeness (QED) is 0.692. The molecule has 92 valence electrons. The fraction of sp³-hybridized carbons (Fsp3) is 0.846. The van der Waals surface area contributed by atoms with Crippen LogP contribution in [0.2, 0.25) is 0 Å². The lowest BCUT2D eigenvalue weighted by molar-refractivity contribution is -0.141. The molecular formula is C13H22O3. The minimum atomic E-state index is -0.302. The summed E-state index contributed by atoms with van der Waals surface area (Å²) in [5.74, 6) is 0.712. The van der Waals surface area contributed by atoms with E-state index in [4.69, 9.17) is 0 Å². The molecular weight excluding hydrogens is 204 g/mol. The third-order valence-corrected chi connectivity index (χ3v) is 3.85. The Kier molecular flexibility index (Phi) is 4.11. The first-order chi connectivity index (χ1) is 7.40. The maximum atomic E-state index is 12.2. The highest BCUT2D eigenvalue weighted by Crippen LogP contribution is 2.44. The van der Waals surface area contributed by atoms with Crippen LogP contribution in [0.5, 0.6) is 0 Å². The number of hydrogen-bond acceptors (Lipinski definition) is 3. The summed E-state index contributed by atoms with van der Waals surface area (Å²) in [7, 11) is 1.39. The first-order valence-corrected chi connectivity index (χ1v) is 6.02. The van der Waals surface area contributed by atoms with Crippen LogP contribution in [0.25, 0.3) is 0 Å². The Bertz CT molecular complexity index is 283. The van der Waals surface area contributed by atoms with Crippen LogP contribution in [-0.2, 0) is 14.3 Å². The molecule has 0 amide bonds. The van der Waals surface area contributed by atoms with Crippen molar-refractivity contribution >= 4 is 11.8 Å². The van der Waals surface area contributed by atoms with E-state index in [1.165, 1.54) is 7.11 Å². The molecule has 0 radical (unpaired) electrons. The fourth-order valence-corrected chi connectivity index (χ4v) is 2.54. The molecule has 0 aromatic heterocycles. The van der Waals surface area contributed by atoms with Gasteiger partial charge in [-0.15, -0.1) is 0 Å². The average Bonchev–Trinajstić information content (AvgIpc) is 2.53. The summed E-state index contributed by atoms with van der Waals surface area (Å²) in [6.07, 6.45) is 2.85. The Morgan fingerprint density at radius 1 is 1.56 bits per heavy atom. The van der Waals surface area contributed by atoms with E-state index in [2.05, 4.69) is 18.6 Å². The SMILES string of the molecule is COC(=O)CC[C@@]1(C)CCC(C(C)C)C1=O. The number of Topliss-reactive ketones (excluding diaryl/α,β-unsaturated/α-hetero) is 1. The summed E-state index contributed by atoms with van der Waals surface area (Å²) in [5, 5.41) is 0. The molecule has 1 unspecified atom stereocenters. The van der Waals surface area contributed by atoms with Crippen molar-refractivity contribution in [2.75, 3.05) is 7.11 Å². The van der Waals surface area contributed by atoms with Crippen molar-refractivity contribution in [2.24, 2.45) is 17.3 Å². The fourth-order valence-electron chi connectivity index (χ4n) is 2.54. The van der Waals surface area contributed by atoms with E-state index >= 15 is 0 Å². The van der Waals surface area contributed by atoms with Crippen LogP contribution < -0.4 is 0 Å². The molecule has 0 saturated heterocycles. The molecule has 0 spiro atoms. The van der Waals surface area contributed by atoms with Crippen LogP contribution in [0, 0.1) is 17.3 Å². The first-order valence-electron chi connectivity index (χ1n) is 6.02. The van der Waals surface area contributed by atoms with E-state index in [0.29, 0.717) is 24.5 Å².